The average molecular weight is 224 g/mol. The van der Waals surface area contributed by atoms with Gasteiger partial charge in [-0.2, -0.15) is 5.10 Å². The fourth-order valence-corrected chi connectivity index (χ4v) is 1.48. The number of alkyl halides is 1. The molecular formula is C10H10ClN3O. The lowest BCUT2D eigenvalue weighted by Gasteiger charge is -2.06. The summed E-state index contributed by atoms with van der Waals surface area (Å²) in [5.74, 6) is -0.245. The molecule has 0 unspecified atom stereocenters. The van der Waals surface area contributed by atoms with Gasteiger partial charge in [0.2, 0.25) is 5.91 Å². The molecule has 0 bridgehead atoms. The van der Waals surface area contributed by atoms with E-state index in [9.17, 15) is 4.79 Å². The highest BCUT2D eigenvalue weighted by Crippen LogP contribution is 2.21. The molecule has 0 spiro atoms. The van der Waals surface area contributed by atoms with Gasteiger partial charge in [0.15, 0.2) is 0 Å². The number of halogens is 1. The summed E-state index contributed by atoms with van der Waals surface area (Å²) in [5, 5.41) is 10.5. The van der Waals surface area contributed by atoms with Gasteiger partial charge in [-0.3, -0.25) is 9.89 Å². The fourth-order valence-electron chi connectivity index (χ4n) is 1.42. The van der Waals surface area contributed by atoms with Crippen LogP contribution in [0.3, 0.4) is 0 Å². The number of anilines is 1. The number of H-pyrrole nitrogens is 1. The van der Waals surface area contributed by atoms with Crippen LogP contribution in [0.4, 0.5) is 5.69 Å². The number of aromatic nitrogens is 2. The van der Waals surface area contributed by atoms with Crippen molar-refractivity contribution in [3.63, 3.8) is 0 Å². The quantitative estimate of drug-likeness (QED) is 0.766. The number of carbonyl (C=O) groups excluding carboxylic acids is 1. The Morgan fingerprint density at radius 2 is 2.40 bits per heavy atom. The van der Waals surface area contributed by atoms with Crippen LogP contribution >= 0.6 is 11.6 Å². The minimum absolute atomic E-state index is 0.0388. The van der Waals surface area contributed by atoms with Crippen molar-refractivity contribution >= 4 is 34.1 Å². The van der Waals surface area contributed by atoms with Crippen molar-refractivity contribution in [3.05, 3.63) is 23.9 Å². The van der Waals surface area contributed by atoms with Gasteiger partial charge in [-0.1, -0.05) is 0 Å². The summed E-state index contributed by atoms with van der Waals surface area (Å²) in [4.78, 5) is 11.1. The van der Waals surface area contributed by atoms with Crippen LogP contribution in [0.1, 0.15) is 5.56 Å². The molecule has 2 rings (SSSR count). The second kappa shape index (κ2) is 3.90. The van der Waals surface area contributed by atoms with Gasteiger partial charge in [-0.15, -0.1) is 11.6 Å². The van der Waals surface area contributed by atoms with E-state index in [2.05, 4.69) is 15.5 Å². The minimum Gasteiger partial charge on any atom is -0.325 e. The van der Waals surface area contributed by atoms with Crippen molar-refractivity contribution < 1.29 is 4.79 Å². The Morgan fingerprint density at radius 3 is 3.13 bits per heavy atom. The highest BCUT2D eigenvalue weighted by atomic mass is 35.5. The van der Waals surface area contributed by atoms with Crippen molar-refractivity contribution in [3.8, 4) is 0 Å². The van der Waals surface area contributed by atoms with Gasteiger partial charge in [0.1, 0.15) is 5.88 Å². The number of fused-ring (bicyclic) bond motifs is 1. The molecule has 1 heterocycles. The molecule has 0 radical (unpaired) electrons. The molecule has 4 nitrogen and oxygen atoms in total. The zero-order valence-corrected chi connectivity index (χ0v) is 8.93. The van der Waals surface area contributed by atoms with Crippen LogP contribution < -0.4 is 5.32 Å². The Balaban J connectivity index is 2.41. The van der Waals surface area contributed by atoms with Crippen LogP contribution in [0.15, 0.2) is 18.3 Å². The molecule has 0 saturated heterocycles. The Morgan fingerprint density at radius 1 is 1.60 bits per heavy atom. The summed E-state index contributed by atoms with van der Waals surface area (Å²) in [5.41, 5.74) is 2.70. The van der Waals surface area contributed by atoms with Crippen LogP contribution in [-0.4, -0.2) is 22.0 Å². The Kier molecular flexibility index (Phi) is 2.60. The van der Waals surface area contributed by atoms with Gasteiger partial charge in [-0.25, -0.2) is 0 Å². The van der Waals surface area contributed by atoms with E-state index in [-0.39, 0.29) is 11.8 Å². The molecule has 1 aromatic heterocycles. The average Bonchev–Trinajstić information content (AvgIpc) is 2.65. The summed E-state index contributed by atoms with van der Waals surface area (Å²) in [7, 11) is 0. The lowest BCUT2D eigenvalue weighted by atomic mass is 10.1. The number of carbonyl (C=O) groups is 1. The number of hydrogen-bond acceptors (Lipinski definition) is 2. The second-order valence-corrected chi connectivity index (χ2v) is 3.57. The predicted octanol–water partition coefficient (Wildman–Crippen LogP) is 2.05. The first-order chi connectivity index (χ1) is 7.20. The Labute approximate surface area is 91.6 Å². The van der Waals surface area contributed by atoms with Crippen molar-refractivity contribution in [2.24, 2.45) is 0 Å². The lowest BCUT2D eigenvalue weighted by Crippen LogP contribution is -2.13. The lowest BCUT2D eigenvalue weighted by molar-refractivity contribution is -0.113. The summed E-state index contributed by atoms with van der Waals surface area (Å²) >= 11 is 5.42. The number of nitrogens with zero attached hydrogens (tertiary/aromatic N) is 1. The van der Waals surface area contributed by atoms with Crippen molar-refractivity contribution in [2.45, 2.75) is 6.92 Å². The maximum Gasteiger partial charge on any atom is 0.239 e. The molecule has 0 aliphatic carbocycles. The molecule has 0 atom stereocenters. The molecule has 15 heavy (non-hydrogen) atoms. The van der Waals surface area contributed by atoms with Gasteiger partial charge >= 0.3 is 0 Å². The standard InChI is InChI=1S/C10H10ClN3O/c1-6-2-9-7(5-12-14-9)3-8(6)13-10(15)4-11/h2-3,5H,4H2,1H3,(H,12,14)(H,13,15). The molecule has 1 amide bonds. The first kappa shape index (κ1) is 9.98. The second-order valence-electron chi connectivity index (χ2n) is 3.31. The van der Waals surface area contributed by atoms with Gasteiger partial charge < -0.3 is 5.32 Å². The van der Waals surface area contributed by atoms with E-state index >= 15 is 0 Å². The van der Waals surface area contributed by atoms with Gasteiger partial charge in [0.25, 0.3) is 0 Å². The van der Waals surface area contributed by atoms with Crippen molar-refractivity contribution in [1.29, 1.82) is 0 Å². The van der Waals surface area contributed by atoms with Crippen LogP contribution in [0.5, 0.6) is 0 Å². The topological polar surface area (TPSA) is 57.8 Å². The number of aryl methyl sites for hydroxylation is 1. The van der Waals surface area contributed by atoms with Gasteiger partial charge in [0.05, 0.1) is 11.7 Å². The monoisotopic (exact) mass is 223 g/mol. The van der Waals surface area contributed by atoms with E-state index in [1.165, 1.54) is 0 Å². The molecular weight excluding hydrogens is 214 g/mol. The molecule has 5 heteroatoms. The van der Waals surface area contributed by atoms with E-state index in [4.69, 9.17) is 11.6 Å². The third-order valence-corrected chi connectivity index (χ3v) is 2.42. The molecule has 0 saturated carbocycles. The Hall–Kier alpha value is -1.55. The smallest absolute Gasteiger partial charge is 0.239 e. The highest BCUT2D eigenvalue weighted by Gasteiger charge is 2.05. The number of hydrogen-bond donors (Lipinski definition) is 2. The van der Waals surface area contributed by atoms with Crippen molar-refractivity contribution in [2.75, 3.05) is 11.2 Å². The molecule has 2 N–H and O–H groups in total. The summed E-state index contributed by atoms with van der Waals surface area (Å²) in [6.45, 7) is 1.92. The number of amides is 1. The van der Waals surface area contributed by atoms with Crippen molar-refractivity contribution in [1.82, 2.24) is 10.2 Å². The fraction of sp³-hybridized carbons (Fsp3) is 0.200. The maximum absolute atomic E-state index is 11.1. The largest absolute Gasteiger partial charge is 0.325 e. The van der Waals surface area contributed by atoms with E-state index in [1.54, 1.807) is 6.20 Å². The number of benzene rings is 1. The highest BCUT2D eigenvalue weighted by molar-refractivity contribution is 6.29. The van der Waals surface area contributed by atoms with Crippen LogP contribution in [-0.2, 0) is 4.79 Å². The van der Waals surface area contributed by atoms with Crippen LogP contribution in [0.25, 0.3) is 10.9 Å². The maximum atomic E-state index is 11.1. The molecule has 2 aromatic rings. The SMILES string of the molecule is Cc1cc2[nH]ncc2cc1NC(=O)CCl. The Bertz CT molecular complexity index is 506. The third-order valence-electron chi connectivity index (χ3n) is 2.18. The predicted molar refractivity (Wildman–Crippen MR) is 60.2 cm³/mol. The van der Waals surface area contributed by atoms with Gasteiger partial charge in [0, 0.05) is 11.1 Å². The summed E-state index contributed by atoms with van der Waals surface area (Å²) < 4.78 is 0. The van der Waals surface area contributed by atoms with E-state index < -0.39 is 0 Å². The summed E-state index contributed by atoms with van der Waals surface area (Å²) in [6.07, 6.45) is 1.71. The molecule has 1 aromatic carbocycles. The number of aromatic amines is 1. The van der Waals surface area contributed by atoms with Crippen LogP contribution in [0, 0.1) is 6.92 Å². The summed E-state index contributed by atoms with van der Waals surface area (Å²) in [6, 6.07) is 3.81. The van der Waals surface area contributed by atoms with E-state index in [1.807, 2.05) is 19.1 Å². The van der Waals surface area contributed by atoms with Crippen LogP contribution in [0.2, 0.25) is 0 Å². The van der Waals surface area contributed by atoms with E-state index in [0.717, 1.165) is 22.2 Å². The zero-order chi connectivity index (χ0) is 10.8. The first-order valence-corrected chi connectivity index (χ1v) is 5.03. The third kappa shape index (κ3) is 1.94. The number of nitrogens with one attached hydrogen (secondary N) is 2. The molecule has 78 valence electrons. The minimum atomic E-state index is -0.206. The van der Waals surface area contributed by atoms with Gasteiger partial charge in [-0.05, 0) is 24.6 Å². The molecule has 0 aliphatic rings. The first-order valence-electron chi connectivity index (χ1n) is 4.50. The normalized spacial score (nSPS) is 10.5. The number of rotatable bonds is 2. The molecule has 0 fully saturated rings. The van der Waals surface area contributed by atoms with E-state index in [0.29, 0.717) is 0 Å². The zero-order valence-electron chi connectivity index (χ0n) is 8.17. The molecule has 0 aliphatic heterocycles.